The van der Waals surface area contributed by atoms with E-state index in [9.17, 15) is 4.79 Å². The Morgan fingerprint density at radius 2 is 1.81 bits per heavy atom. The molecular formula is C25H27ClN2O3. The summed E-state index contributed by atoms with van der Waals surface area (Å²) in [6.07, 6.45) is 7.50. The fraction of sp³-hybridized carbons (Fsp3) is 0.440. The number of hydrogen-bond acceptors (Lipinski definition) is 5. The number of carbonyl (C=O) groups is 1. The maximum atomic E-state index is 13.1. The van der Waals surface area contributed by atoms with E-state index in [2.05, 4.69) is 16.4 Å². The Bertz CT molecular complexity index is 1020. The summed E-state index contributed by atoms with van der Waals surface area (Å²) in [6, 6.07) is 9.93. The van der Waals surface area contributed by atoms with E-state index in [0.717, 1.165) is 37.8 Å². The van der Waals surface area contributed by atoms with Crippen LogP contribution < -0.4 is 5.32 Å². The quantitative estimate of drug-likeness (QED) is 0.670. The van der Waals surface area contributed by atoms with Crippen molar-refractivity contribution in [3.8, 4) is 0 Å². The van der Waals surface area contributed by atoms with Gasteiger partial charge in [0.05, 0.1) is 13.2 Å². The highest BCUT2D eigenvalue weighted by atomic mass is 35.5. The van der Waals surface area contributed by atoms with Crippen LogP contribution in [0.4, 0.5) is 5.69 Å². The SMILES string of the molecule is CCCOC(=O)C1(c2ccc(Cl)cc2)CN=C(Nc2c3c(cc4c2CCC4)CCC3)O1. The Kier molecular flexibility index (Phi) is 5.39. The Morgan fingerprint density at radius 3 is 2.45 bits per heavy atom. The second kappa shape index (κ2) is 8.19. The molecule has 2 aliphatic carbocycles. The van der Waals surface area contributed by atoms with Crippen LogP contribution in [-0.4, -0.2) is 25.1 Å². The van der Waals surface area contributed by atoms with Crippen LogP contribution in [0.25, 0.3) is 0 Å². The van der Waals surface area contributed by atoms with E-state index in [1.54, 1.807) is 12.1 Å². The molecule has 1 heterocycles. The number of aryl methyl sites for hydroxylation is 2. The van der Waals surface area contributed by atoms with Gasteiger partial charge in [-0.2, -0.15) is 0 Å². The Balaban J connectivity index is 1.46. The molecule has 3 aliphatic rings. The molecule has 0 radical (unpaired) electrons. The van der Waals surface area contributed by atoms with E-state index in [1.807, 2.05) is 19.1 Å². The van der Waals surface area contributed by atoms with Gasteiger partial charge in [-0.15, -0.1) is 0 Å². The zero-order chi connectivity index (χ0) is 21.4. The molecule has 0 bridgehead atoms. The van der Waals surface area contributed by atoms with Crippen LogP contribution in [0.3, 0.4) is 0 Å². The third kappa shape index (κ3) is 3.59. The van der Waals surface area contributed by atoms with Crippen LogP contribution in [0.5, 0.6) is 0 Å². The molecule has 1 unspecified atom stereocenters. The molecule has 162 valence electrons. The highest BCUT2D eigenvalue weighted by Gasteiger charge is 2.49. The first-order valence-electron chi connectivity index (χ1n) is 11.2. The van der Waals surface area contributed by atoms with E-state index in [4.69, 9.17) is 21.1 Å². The summed E-state index contributed by atoms with van der Waals surface area (Å²) in [6.45, 7) is 2.49. The monoisotopic (exact) mass is 438 g/mol. The summed E-state index contributed by atoms with van der Waals surface area (Å²) in [5.74, 6) is -0.416. The van der Waals surface area contributed by atoms with Gasteiger partial charge in [-0.1, -0.05) is 36.7 Å². The standard InChI is InChI=1S/C25H27ClN2O3/c1-2-13-30-23(29)25(18-9-11-19(26)12-10-18)15-27-24(31-25)28-22-20-7-3-5-16(20)14-17-6-4-8-21(17)22/h9-12,14H,2-8,13,15H2,1H3,(H,27,28). The molecule has 1 atom stereocenters. The van der Waals surface area contributed by atoms with Crippen molar-refractivity contribution in [2.75, 3.05) is 18.5 Å². The Labute approximate surface area is 187 Å². The van der Waals surface area contributed by atoms with E-state index in [1.165, 1.54) is 35.1 Å². The van der Waals surface area contributed by atoms with E-state index in [-0.39, 0.29) is 6.54 Å². The van der Waals surface area contributed by atoms with Crippen LogP contribution in [0.1, 0.15) is 54.0 Å². The summed E-state index contributed by atoms with van der Waals surface area (Å²) in [5.41, 5.74) is 6.19. The first-order chi connectivity index (χ1) is 15.1. The van der Waals surface area contributed by atoms with Crippen LogP contribution >= 0.6 is 11.6 Å². The van der Waals surface area contributed by atoms with Crippen LogP contribution in [0.2, 0.25) is 5.02 Å². The maximum absolute atomic E-state index is 13.1. The number of fused-ring (bicyclic) bond motifs is 2. The summed E-state index contributed by atoms with van der Waals surface area (Å²) < 4.78 is 11.8. The van der Waals surface area contributed by atoms with Crippen molar-refractivity contribution in [2.24, 2.45) is 4.99 Å². The first-order valence-corrected chi connectivity index (χ1v) is 11.6. The van der Waals surface area contributed by atoms with Crippen LogP contribution in [0.15, 0.2) is 35.3 Å². The molecule has 0 amide bonds. The molecule has 6 heteroatoms. The number of benzene rings is 2. The van der Waals surface area contributed by atoms with E-state index in [0.29, 0.717) is 23.2 Å². The molecule has 0 aromatic heterocycles. The number of ether oxygens (including phenoxy) is 2. The molecule has 0 fully saturated rings. The van der Waals surface area contributed by atoms with E-state index >= 15 is 0 Å². The molecule has 0 saturated carbocycles. The maximum Gasteiger partial charge on any atom is 0.357 e. The Morgan fingerprint density at radius 1 is 1.13 bits per heavy atom. The van der Waals surface area contributed by atoms with Gasteiger partial charge in [-0.05, 0) is 79.3 Å². The van der Waals surface area contributed by atoms with Crippen LogP contribution in [-0.2, 0) is 45.6 Å². The third-order valence-electron chi connectivity index (χ3n) is 6.50. The van der Waals surface area contributed by atoms with Gasteiger partial charge < -0.3 is 14.8 Å². The number of aliphatic imine (C=N–C) groups is 1. The zero-order valence-electron chi connectivity index (χ0n) is 17.8. The summed E-state index contributed by atoms with van der Waals surface area (Å²) >= 11 is 6.07. The van der Waals surface area contributed by atoms with E-state index < -0.39 is 11.6 Å². The molecular weight excluding hydrogens is 412 g/mol. The lowest BCUT2D eigenvalue weighted by Crippen LogP contribution is -2.42. The number of nitrogens with one attached hydrogen (secondary N) is 1. The van der Waals surface area contributed by atoms with Gasteiger partial charge in [-0.25, -0.2) is 9.79 Å². The van der Waals surface area contributed by atoms with Crippen LogP contribution in [0, 0.1) is 0 Å². The topological polar surface area (TPSA) is 59.9 Å². The van der Waals surface area contributed by atoms with Crippen molar-refractivity contribution in [3.05, 3.63) is 63.2 Å². The average Bonchev–Trinajstić information content (AvgIpc) is 3.52. The first kappa shape index (κ1) is 20.4. The second-order valence-corrected chi connectivity index (χ2v) is 8.99. The lowest BCUT2D eigenvalue weighted by molar-refractivity contribution is -0.162. The van der Waals surface area contributed by atoms with Gasteiger partial charge >= 0.3 is 5.97 Å². The predicted octanol–water partition coefficient (Wildman–Crippen LogP) is 4.96. The molecule has 0 saturated heterocycles. The summed E-state index contributed by atoms with van der Waals surface area (Å²) in [4.78, 5) is 17.7. The average molecular weight is 439 g/mol. The van der Waals surface area contributed by atoms with Crippen molar-refractivity contribution in [1.29, 1.82) is 0 Å². The highest BCUT2D eigenvalue weighted by Crippen LogP contribution is 2.40. The molecule has 5 nitrogen and oxygen atoms in total. The number of amidine groups is 1. The normalized spacial score (nSPS) is 21.3. The lowest BCUT2D eigenvalue weighted by Gasteiger charge is -2.27. The Hall–Kier alpha value is -2.53. The molecule has 1 aliphatic heterocycles. The van der Waals surface area contributed by atoms with Gasteiger partial charge in [0.2, 0.25) is 0 Å². The molecule has 31 heavy (non-hydrogen) atoms. The highest BCUT2D eigenvalue weighted by molar-refractivity contribution is 6.30. The van der Waals surface area contributed by atoms with Gasteiger partial charge in [0.25, 0.3) is 11.6 Å². The number of esters is 1. The molecule has 1 N–H and O–H groups in total. The second-order valence-electron chi connectivity index (χ2n) is 8.55. The fourth-order valence-corrected chi connectivity index (χ4v) is 5.08. The number of nitrogens with zero attached hydrogens (tertiary/aromatic N) is 1. The number of halogens is 1. The fourth-order valence-electron chi connectivity index (χ4n) is 4.96. The van der Waals surface area contributed by atoms with Crippen molar-refractivity contribution < 1.29 is 14.3 Å². The minimum atomic E-state index is -1.29. The van der Waals surface area contributed by atoms with Gasteiger partial charge in [-0.3, -0.25) is 0 Å². The molecule has 5 rings (SSSR count). The largest absolute Gasteiger partial charge is 0.462 e. The number of hydrogen-bond donors (Lipinski definition) is 1. The van der Waals surface area contributed by atoms with Gasteiger partial charge in [0.15, 0.2) is 0 Å². The summed E-state index contributed by atoms with van der Waals surface area (Å²) in [7, 11) is 0. The van der Waals surface area contributed by atoms with Crippen molar-refractivity contribution in [1.82, 2.24) is 0 Å². The molecule has 2 aromatic carbocycles. The van der Waals surface area contributed by atoms with Crippen molar-refractivity contribution in [2.45, 2.75) is 57.5 Å². The van der Waals surface area contributed by atoms with Crippen molar-refractivity contribution >= 4 is 29.3 Å². The lowest BCUT2D eigenvalue weighted by atomic mass is 9.94. The van der Waals surface area contributed by atoms with Gasteiger partial charge in [0.1, 0.15) is 0 Å². The number of anilines is 1. The third-order valence-corrected chi connectivity index (χ3v) is 6.75. The van der Waals surface area contributed by atoms with Gasteiger partial charge in [0, 0.05) is 16.3 Å². The number of rotatable bonds is 5. The number of carbonyl (C=O) groups excluding carboxylic acids is 1. The minimum absolute atomic E-state index is 0.177. The van der Waals surface area contributed by atoms with Crippen molar-refractivity contribution in [3.63, 3.8) is 0 Å². The minimum Gasteiger partial charge on any atom is -0.462 e. The predicted molar refractivity (Wildman–Crippen MR) is 122 cm³/mol. The molecule has 0 spiro atoms. The smallest absolute Gasteiger partial charge is 0.357 e. The summed E-state index contributed by atoms with van der Waals surface area (Å²) in [5, 5.41) is 4.09. The molecule has 2 aromatic rings. The zero-order valence-corrected chi connectivity index (χ0v) is 18.6.